The van der Waals surface area contributed by atoms with Crippen LogP contribution >= 0.6 is 0 Å². The Morgan fingerprint density at radius 2 is 2.00 bits per heavy atom. The largest absolute Gasteiger partial charge is 1.00 e. The molecule has 0 saturated heterocycles. The second-order valence-corrected chi connectivity index (χ2v) is 4.05. The molecule has 0 saturated carbocycles. The summed E-state index contributed by atoms with van der Waals surface area (Å²) in [5.74, 6) is -1.08. The summed E-state index contributed by atoms with van der Waals surface area (Å²) < 4.78 is 31.7. The van der Waals surface area contributed by atoms with E-state index >= 15 is 0 Å². The number of aliphatic carboxylic acids is 1. The van der Waals surface area contributed by atoms with Gasteiger partial charge in [0.25, 0.3) is 0 Å². The molecule has 0 aromatic heterocycles. The summed E-state index contributed by atoms with van der Waals surface area (Å²) in [6.45, 7) is 0. The third-order valence-electron chi connectivity index (χ3n) is 1.54. The minimum atomic E-state index is -4.50. The van der Waals surface area contributed by atoms with Crippen LogP contribution in [-0.2, 0) is 21.3 Å². The topological polar surface area (TPSA) is 94.5 Å². The Morgan fingerprint density at radius 3 is 2.47 bits per heavy atom. The molecule has 0 aliphatic carbocycles. The third-order valence-corrected chi connectivity index (χ3v) is 2.37. The van der Waals surface area contributed by atoms with Gasteiger partial charge in [0.1, 0.15) is 10.1 Å². The van der Waals surface area contributed by atoms with Gasteiger partial charge >= 0.3 is 24.8 Å². The molecule has 0 bridgehead atoms. The molecule has 7 heteroatoms. The van der Waals surface area contributed by atoms with Crippen LogP contribution in [0.25, 0.3) is 0 Å². The number of carboxylic acid groups (broad SMARTS) is 1. The fourth-order valence-electron chi connectivity index (χ4n) is 0.986. The van der Waals surface area contributed by atoms with Crippen LogP contribution in [0.4, 0.5) is 0 Å². The zero-order chi connectivity index (χ0) is 10.8. The summed E-state index contributed by atoms with van der Waals surface area (Å²) in [7, 11) is -4.50. The van der Waals surface area contributed by atoms with E-state index < -0.39 is 21.0 Å². The first kappa shape index (κ1) is 14.2. The van der Waals surface area contributed by atoms with Gasteiger partial charge in [-0.3, -0.25) is 4.79 Å². The molecule has 1 rings (SSSR count). The van der Waals surface area contributed by atoms with Crippen molar-refractivity contribution in [1.29, 1.82) is 0 Å². The molecule has 0 aliphatic heterocycles. The molecule has 15 heavy (non-hydrogen) atoms. The Labute approximate surface area is 99.0 Å². The monoisotopic (exact) mass is 222 g/mol. The van der Waals surface area contributed by atoms with E-state index in [4.69, 9.17) is 5.11 Å². The molecule has 0 spiro atoms. The molecule has 76 valence electrons. The Bertz CT molecular complexity index is 454. The van der Waals surface area contributed by atoms with E-state index in [9.17, 15) is 17.8 Å². The first-order chi connectivity index (χ1) is 6.39. The fraction of sp³-hybridized carbons (Fsp3) is 0.125. The van der Waals surface area contributed by atoms with Crippen molar-refractivity contribution in [2.45, 2.75) is 11.3 Å². The van der Waals surface area contributed by atoms with Gasteiger partial charge in [0, 0.05) is 0 Å². The summed E-state index contributed by atoms with van der Waals surface area (Å²) >= 11 is 0. The Morgan fingerprint density at radius 1 is 1.40 bits per heavy atom. The van der Waals surface area contributed by atoms with Gasteiger partial charge in [-0.1, -0.05) is 12.1 Å². The van der Waals surface area contributed by atoms with E-state index in [-0.39, 0.29) is 30.8 Å². The molecule has 0 radical (unpaired) electrons. The number of hydrogen-bond acceptors (Lipinski definition) is 4. The third kappa shape index (κ3) is 4.49. The van der Waals surface area contributed by atoms with Crippen LogP contribution in [-0.4, -0.2) is 24.0 Å². The summed E-state index contributed by atoms with van der Waals surface area (Å²) in [5, 5.41) is 8.43. The summed E-state index contributed by atoms with van der Waals surface area (Å²) in [6, 6.07) is 4.98. The predicted octanol–water partition coefficient (Wildman–Crippen LogP) is -2.78. The van der Waals surface area contributed by atoms with Crippen molar-refractivity contribution in [2.24, 2.45) is 0 Å². The van der Waals surface area contributed by atoms with Crippen LogP contribution in [0.15, 0.2) is 29.2 Å². The molecule has 1 aromatic rings. The smallest absolute Gasteiger partial charge is 0.744 e. The summed E-state index contributed by atoms with van der Waals surface area (Å²) in [6.07, 6.45) is -0.302. The van der Waals surface area contributed by atoms with Crippen LogP contribution in [0, 0.1) is 0 Å². The van der Waals surface area contributed by atoms with Crippen LogP contribution in [0.1, 0.15) is 5.56 Å². The molecule has 0 atom stereocenters. The van der Waals surface area contributed by atoms with Gasteiger partial charge in [-0.25, -0.2) is 8.42 Å². The van der Waals surface area contributed by atoms with Crippen molar-refractivity contribution >= 4 is 16.1 Å². The standard InChI is InChI=1S/C8H8O5S.Li/c9-8(10)5-6-2-1-3-7(4-6)14(11,12)13;/h1-4H,5H2,(H,9,10)(H,11,12,13);/q;+1/p-1. The predicted molar refractivity (Wildman–Crippen MR) is 45.7 cm³/mol. The van der Waals surface area contributed by atoms with Crippen LogP contribution < -0.4 is 18.9 Å². The van der Waals surface area contributed by atoms with Crippen molar-refractivity contribution in [3.05, 3.63) is 29.8 Å². The second-order valence-electron chi connectivity index (χ2n) is 2.67. The Hall–Kier alpha value is -0.803. The van der Waals surface area contributed by atoms with Gasteiger partial charge in [-0.15, -0.1) is 0 Å². The Balaban J connectivity index is 0.00000196. The van der Waals surface area contributed by atoms with Crippen molar-refractivity contribution in [3.8, 4) is 0 Å². The van der Waals surface area contributed by atoms with Crippen LogP contribution in [0.5, 0.6) is 0 Å². The van der Waals surface area contributed by atoms with Crippen molar-refractivity contribution < 1.29 is 41.7 Å². The molecular weight excluding hydrogens is 215 g/mol. The molecule has 0 aliphatic rings. The Kier molecular flexibility index (Phi) is 5.04. The summed E-state index contributed by atoms with van der Waals surface area (Å²) in [5.41, 5.74) is 0.287. The summed E-state index contributed by atoms with van der Waals surface area (Å²) in [4.78, 5) is 9.90. The van der Waals surface area contributed by atoms with Gasteiger partial charge in [0.15, 0.2) is 0 Å². The maximum Gasteiger partial charge on any atom is 1.00 e. The average Bonchev–Trinajstić information content (AvgIpc) is 2.01. The van der Waals surface area contributed by atoms with Crippen molar-refractivity contribution in [2.75, 3.05) is 0 Å². The molecule has 0 heterocycles. The minimum Gasteiger partial charge on any atom is -0.744 e. The molecule has 0 unspecified atom stereocenters. The van der Waals surface area contributed by atoms with E-state index in [2.05, 4.69) is 0 Å². The van der Waals surface area contributed by atoms with Crippen molar-refractivity contribution in [1.82, 2.24) is 0 Å². The van der Waals surface area contributed by atoms with Crippen LogP contribution in [0.2, 0.25) is 0 Å². The number of hydrogen-bond donors (Lipinski definition) is 1. The van der Waals surface area contributed by atoms with Gasteiger partial charge < -0.3 is 9.66 Å². The van der Waals surface area contributed by atoms with E-state index in [0.717, 1.165) is 12.1 Å². The SMILES string of the molecule is O=C(O)Cc1cccc(S(=O)(=O)[O-])c1.[Li+]. The number of carbonyl (C=O) groups is 1. The molecule has 5 nitrogen and oxygen atoms in total. The molecule has 1 N–H and O–H groups in total. The molecule has 0 fully saturated rings. The van der Waals surface area contributed by atoms with Gasteiger partial charge in [0.2, 0.25) is 0 Å². The molecular formula is C8H7LiO5S. The van der Waals surface area contributed by atoms with E-state index in [1.165, 1.54) is 12.1 Å². The van der Waals surface area contributed by atoms with Gasteiger partial charge in [0.05, 0.1) is 11.3 Å². The van der Waals surface area contributed by atoms with Gasteiger partial charge in [-0.05, 0) is 17.7 Å². The van der Waals surface area contributed by atoms with Gasteiger partial charge in [-0.2, -0.15) is 0 Å². The second kappa shape index (κ2) is 5.33. The zero-order valence-corrected chi connectivity index (χ0v) is 8.82. The average molecular weight is 222 g/mol. The van der Waals surface area contributed by atoms with E-state index in [0.29, 0.717) is 0 Å². The first-order valence-corrected chi connectivity index (χ1v) is 5.07. The normalized spacial score (nSPS) is 10.5. The van der Waals surface area contributed by atoms with E-state index in [1.54, 1.807) is 0 Å². The minimum absolute atomic E-state index is 0. The van der Waals surface area contributed by atoms with Crippen molar-refractivity contribution in [3.63, 3.8) is 0 Å². The molecule has 1 aromatic carbocycles. The van der Waals surface area contributed by atoms with Crippen LogP contribution in [0.3, 0.4) is 0 Å². The maximum atomic E-state index is 10.6. The quantitative estimate of drug-likeness (QED) is 0.441. The number of rotatable bonds is 3. The number of carboxylic acids is 1. The zero-order valence-electron chi connectivity index (χ0n) is 8.00. The first-order valence-electron chi connectivity index (χ1n) is 3.66. The number of benzene rings is 1. The molecule has 0 amide bonds. The maximum absolute atomic E-state index is 10.6. The van der Waals surface area contributed by atoms with E-state index in [1.807, 2.05) is 0 Å². The fourth-order valence-corrected chi connectivity index (χ4v) is 1.53.